The molecule has 2 heteroatoms. The van der Waals surface area contributed by atoms with Gasteiger partial charge in [-0.2, -0.15) is 0 Å². The summed E-state index contributed by atoms with van der Waals surface area (Å²) in [5.41, 5.74) is -0.393. The topological polar surface area (TPSA) is 37.3 Å². The van der Waals surface area contributed by atoms with E-state index < -0.39 is 11.4 Å². The summed E-state index contributed by atoms with van der Waals surface area (Å²) >= 11 is 0. The average molecular weight is 226 g/mol. The lowest BCUT2D eigenvalue weighted by molar-refractivity contribution is -0.152. The molecule has 0 aliphatic heterocycles. The highest BCUT2D eigenvalue weighted by Crippen LogP contribution is 2.44. The molecular weight excluding hydrogens is 200 g/mol. The molecule has 0 aromatic carbocycles. The molecule has 0 amide bonds. The summed E-state index contributed by atoms with van der Waals surface area (Å²) in [6.07, 6.45) is 7.14. The second kappa shape index (κ2) is 5.70. The molecule has 0 atom stereocenters. The first-order valence-corrected chi connectivity index (χ1v) is 6.73. The maximum absolute atomic E-state index is 11.5. The van der Waals surface area contributed by atoms with Crippen molar-refractivity contribution in [1.82, 2.24) is 0 Å². The van der Waals surface area contributed by atoms with E-state index in [4.69, 9.17) is 0 Å². The van der Waals surface area contributed by atoms with E-state index in [0.29, 0.717) is 5.92 Å². The number of carboxylic acid groups (broad SMARTS) is 1. The summed E-state index contributed by atoms with van der Waals surface area (Å²) in [5.74, 6) is 0.828. The summed E-state index contributed by atoms with van der Waals surface area (Å²) in [4.78, 5) is 11.5. The Labute approximate surface area is 99.4 Å². The van der Waals surface area contributed by atoms with Crippen LogP contribution in [0.5, 0.6) is 0 Å². The minimum Gasteiger partial charge on any atom is -0.481 e. The Morgan fingerprint density at radius 2 is 1.94 bits per heavy atom. The number of carbonyl (C=O) groups is 1. The average Bonchev–Trinajstić information content (AvgIpc) is 2.26. The molecule has 0 radical (unpaired) electrons. The molecule has 1 rings (SSSR count). The van der Waals surface area contributed by atoms with Gasteiger partial charge in [0.05, 0.1) is 5.41 Å². The Balaban J connectivity index is 2.58. The Morgan fingerprint density at radius 3 is 2.31 bits per heavy atom. The van der Waals surface area contributed by atoms with Crippen molar-refractivity contribution in [2.75, 3.05) is 0 Å². The van der Waals surface area contributed by atoms with Gasteiger partial charge < -0.3 is 5.11 Å². The largest absolute Gasteiger partial charge is 0.481 e. The minimum atomic E-state index is -0.553. The molecule has 1 aliphatic carbocycles. The van der Waals surface area contributed by atoms with Gasteiger partial charge in [0.25, 0.3) is 0 Å². The first-order valence-electron chi connectivity index (χ1n) is 6.73. The van der Waals surface area contributed by atoms with E-state index in [1.54, 1.807) is 0 Å². The van der Waals surface area contributed by atoms with Gasteiger partial charge in [0.2, 0.25) is 0 Å². The van der Waals surface area contributed by atoms with Crippen molar-refractivity contribution < 1.29 is 9.90 Å². The van der Waals surface area contributed by atoms with Crippen molar-refractivity contribution in [3.63, 3.8) is 0 Å². The monoisotopic (exact) mass is 226 g/mol. The summed E-state index contributed by atoms with van der Waals surface area (Å²) in [6.45, 7) is 6.56. The molecule has 0 aromatic heterocycles. The van der Waals surface area contributed by atoms with Gasteiger partial charge in [0.15, 0.2) is 0 Å². The third kappa shape index (κ3) is 3.23. The maximum atomic E-state index is 11.5. The minimum absolute atomic E-state index is 0.393. The molecule has 0 heterocycles. The van der Waals surface area contributed by atoms with Crippen molar-refractivity contribution in [3.8, 4) is 0 Å². The summed E-state index contributed by atoms with van der Waals surface area (Å²) in [6, 6.07) is 0. The highest BCUT2D eigenvalue weighted by atomic mass is 16.4. The van der Waals surface area contributed by atoms with Gasteiger partial charge in [-0.3, -0.25) is 4.79 Å². The van der Waals surface area contributed by atoms with E-state index in [-0.39, 0.29) is 0 Å². The highest BCUT2D eigenvalue weighted by Gasteiger charge is 2.41. The second-order valence-electron chi connectivity index (χ2n) is 5.87. The van der Waals surface area contributed by atoms with Gasteiger partial charge in [-0.05, 0) is 50.4 Å². The zero-order valence-corrected chi connectivity index (χ0v) is 11.0. The molecule has 94 valence electrons. The van der Waals surface area contributed by atoms with Gasteiger partial charge in [-0.1, -0.05) is 27.2 Å². The third-order valence-corrected chi connectivity index (χ3v) is 4.29. The summed E-state index contributed by atoms with van der Waals surface area (Å²) < 4.78 is 0. The van der Waals surface area contributed by atoms with Crippen molar-refractivity contribution in [3.05, 3.63) is 0 Å². The zero-order chi connectivity index (χ0) is 12.2. The van der Waals surface area contributed by atoms with Crippen LogP contribution in [0.4, 0.5) is 0 Å². The fraction of sp³-hybridized carbons (Fsp3) is 0.929. The fourth-order valence-electron chi connectivity index (χ4n) is 2.77. The molecule has 0 unspecified atom stereocenters. The highest BCUT2D eigenvalue weighted by molar-refractivity contribution is 5.74. The lowest BCUT2D eigenvalue weighted by atomic mass is 9.67. The Bertz CT molecular complexity index is 225. The number of hydrogen-bond acceptors (Lipinski definition) is 1. The predicted molar refractivity (Wildman–Crippen MR) is 66.4 cm³/mol. The van der Waals surface area contributed by atoms with E-state index in [2.05, 4.69) is 20.8 Å². The molecule has 16 heavy (non-hydrogen) atoms. The molecule has 0 spiro atoms. The molecular formula is C14H26O2. The Morgan fingerprint density at radius 1 is 1.38 bits per heavy atom. The summed E-state index contributed by atoms with van der Waals surface area (Å²) in [5, 5.41) is 9.46. The Kier molecular flexibility index (Phi) is 4.82. The van der Waals surface area contributed by atoms with Crippen LogP contribution in [0.15, 0.2) is 0 Å². The van der Waals surface area contributed by atoms with Crippen LogP contribution in [0.3, 0.4) is 0 Å². The molecule has 1 aliphatic rings. The molecule has 2 nitrogen and oxygen atoms in total. The van der Waals surface area contributed by atoms with Crippen LogP contribution in [-0.2, 0) is 4.79 Å². The SMILES string of the molecule is CCC1CCC(CCC(C)C)(C(=O)O)CC1. The molecule has 1 N–H and O–H groups in total. The van der Waals surface area contributed by atoms with Crippen LogP contribution >= 0.6 is 0 Å². The van der Waals surface area contributed by atoms with Gasteiger partial charge >= 0.3 is 5.97 Å². The Hall–Kier alpha value is -0.530. The quantitative estimate of drug-likeness (QED) is 0.766. The van der Waals surface area contributed by atoms with Crippen LogP contribution in [0.25, 0.3) is 0 Å². The second-order valence-corrected chi connectivity index (χ2v) is 5.87. The van der Waals surface area contributed by atoms with Crippen LogP contribution in [0.2, 0.25) is 0 Å². The van der Waals surface area contributed by atoms with Crippen LogP contribution in [0.1, 0.15) is 65.7 Å². The smallest absolute Gasteiger partial charge is 0.309 e. The number of aliphatic carboxylic acids is 1. The van der Waals surface area contributed by atoms with Crippen LogP contribution < -0.4 is 0 Å². The van der Waals surface area contributed by atoms with Crippen LogP contribution in [0, 0.1) is 17.3 Å². The maximum Gasteiger partial charge on any atom is 0.309 e. The fourth-order valence-corrected chi connectivity index (χ4v) is 2.77. The summed E-state index contributed by atoms with van der Waals surface area (Å²) in [7, 11) is 0. The van der Waals surface area contributed by atoms with Crippen molar-refractivity contribution in [2.45, 2.75) is 65.7 Å². The van der Waals surface area contributed by atoms with Crippen LogP contribution in [-0.4, -0.2) is 11.1 Å². The van der Waals surface area contributed by atoms with E-state index in [1.165, 1.54) is 6.42 Å². The normalized spacial score (nSPS) is 30.6. The molecule has 0 aromatic rings. The number of rotatable bonds is 5. The standard InChI is InChI=1S/C14H26O2/c1-4-12-6-9-14(10-7-12,13(15)16)8-5-11(2)3/h11-12H,4-10H2,1-3H3,(H,15,16). The van der Waals surface area contributed by atoms with E-state index in [1.807, 2.05) is 0 Å². The first-order chi connectivity index (χ1) is 7.50. The van der Waals surface area contributed by atoms with Crippen molar-refractivity contribution in [1.29, 1.82) is 0 Å². The number of carboxylic acids is 1. The van der Waals surface area contributed by atoms with Gasteiger partial charge in [0, 0.05) is 0 Å². The zero-order valence-electron chi connectivity index (χ0n) is 11.0. The van der Waals surface area contributed by atoms with E-state index >= 15 is 0 Å². The first kappa shape index (κ1) is 13.5. The molecule has 0 bridgehead atoms. The molecule has 0 saturated heterocycles. The molecule has 1 fully saturated rings. The van der Waals surface area contributed by atoms with Gasteiger partial charge in [0.1, 0.15) is 0 Å². The van der Waals surface area contributed by atoms with Crippen molar-refractivity contribution >= 4 is 5.97 Å². The van der Waals surface area contributed by atoms with E-state index in [0.717, 1.165) is 44.4 Å². The van der Waals surface area contributed by atoms with Gasteiger partial charge in [-0.15, -0.1) is 0 Å². The van der Waals surface area contributed by atoms with Crippen molar-refractivity contribution in [2.24, 2.45) is 17.3 Å². The predicted octanol–water partition coefficient (Wildman–Crippen LogP) is 4.09. The lowest BCUT2D eigenvalue weighted by Crippen LogP contribution is -2.35. The lowest BCUT2D eigenvalue weighted by Gasteiger charge is -2.37. The number of hydrogen-bond donors (Lipinski definition) is 1. The molecule has 1 saturated carbocycles. The van der Waals surface area contributed by atoms with Gasteiger partial charge in [-0.25, -0.2) is 0 Å². The third-order valence-electron chi connectivity index (χ3n) is 4.29. The van der Waals surface area contributed by atoms with E-state index in [9.17, 15) is 9.90 Å².